The van der Waals surface area contributed by atoms with E-state index in [4.69, 9.17) is 14.2 Å². The molecule has 2 unspecified atom stereocenters. The molecule has 0 fully saturated rings. The van der Waals surface area contributed by atoms with E-state index in [0.717, 1.165) is 16.4 Å². The van der Waals surface area contributed by atoms with Gasteiger partial charge < -0.3 is 14.2 Å². The Bertz CT molecular complexity index is 457. The largest absolute Gasteiger partial charge is 0.499 e. The van der Waals surface area contributed by atoms with Crippen LogP contribution >= 0.6 is 11.8 Å². The van der Waals surface area contributed by atoms with Crippen LogP contribution in [0, 0.1) is 0 Å². The van der Waals surface area contributed by atoms with E-state index in [9.17, 15) is 4.79 Å². The van der Waals surface area contributed by atoms with Gasteiger partial charge in [0.25, 0.3) is 0 Å². The zero-order valence-electron chi connectivity index (χ0n) is 13.2. The molecule has 0 aliphatic carbocycles. The second kappa shape index (κ2) is 8.89. The fourth-order valence-corrected chi connectivity index (χ4v) is 2.79. The van der Waals surface area contributed by atoms with Crippen LogP contribution in [0.1, 0.15) is 27.7 Å². The van der Waals surface area contributed by atoms with Gasteiger partial charge in [-0.25, -0.2) is 4.79 Å². The highest BCUT2D eigenvalue weighted by atomic mass is 32.2. The number of carbonyl (C=O) groups is 1. The number of rotatable bonds is 7. The molecule has 0 bridgehead atoms. The first kappa shape index (κ1) is 17.8. The number of hydrogen-bond donors (Lipinski definition) is 0. The van der Waals surface area contributed by atoms with E-state index >= 15 is 0 Å². The summed E-state index contributed by atoms with van der Waals surface area (Å²) in [5, 5.41) is 0.792. The highest BCUT2D eigenvalue weighted by Gasteiger charge is 2.37. The van der Waals surface area contributed by atoms with Crippen molar-refractivity contribution >= 4 is 22.8 Å². The maximum absolute atomic E-state index is 11.9. The maximum Gasteiger partial charge on any atom is 0.334 e. The number of nitrogens with zero attached hydrogens (tertiary/aromatic N) is 1. The van der Waals surface area contributed by atoms with Gasteiger partial charge in [0.15, 0.2) is 6.04 Å². The molecule has 6 heteroatoms. The highest BCUT2D eigenvalue weighted by Crippen LogP contribution is 2.31. The Morgan fingerprint density at radius 3 is 2.48 bits per heavy atom. The summed E-state index contributed by atoms with van der Waals surface area (Å²) in [6.07, 6.45) is 3.82. The molecule has 0 saturated carbocycles. The molecule has 1 aliphatic heterocycles. The smallest absolute Gasteiger partial charge is 0.334 e. The molecule has 0 aromatic heterocycles. The van der Waals surface area contributed by atoms with Gasteiger partial charge in [-0.3, -0.25) is 4.99 Å². The van der Waals surface area contributed by atoms with Gasteiger partial charge in [0.05, 0.1) is 24.0 Å². The molecule has 0 saturated heterocycles. The Hall–Kier alpha value is -1.27. The van der Waals surface area contributed by atoms with Crippen molar-refractivity contribution in [2.45, 2.75) is 39.2 Å². The highest BCUT2D eigenvalue weighted by molar-refractivity contribution is 8.15. The van der Waals surface area contributed by atoms with Gasteiger partial charge in [0.1, 0.15) is 5.44 Å². The lowest BCUT2D eigenvalue weighted by molar-refractivity contribution is -0.146. The minimum absolute atomic E-state index is 0.334. The number of esters is 1. The van der Waals surface area contributed by atoms with E-state index in [1.54, 1.807) is 14.0 Å². The maximum atomic E-state index is 11.9. The Labute approximate surface area is 130 Å². The summed E-state index contributed by atoms with van der Waals surface area (Å²) in [7, 11) is 1.57. The summed E-state index contributed by atoms with van der Waals surface area (Å²) in [5.41, 5.74) is 0.632. The zero-order chi connectivity index (χ0) is 15.8. The number of allylic oxidation sites excluding steroid dienone is 3. The number of aliphatic imine (C=N–C) groups is 1. The lowest BCUT2D eigenvalue weighted by atomic mass is 10.2. The first-order valence-corrected chi connectivity index (χ1v) is 7.83. The minimum Gasteiger partial charge on any atom is -0.499 e. The van der Waals surface area contributed by atoms with Crippen molar-refractivity contribution in [3.8, 4) is 0 Å². The average Bonchev–Trinajstić information content (AvgIpc) is 2.89. The molecule has 0 radical (unpaired) electrons. The molecule has 0 N–H and O–H groups in total. The summed E-state index contributed by atoms with van der Waals surface area (Å²) in [5.74, 6) is 0.492. The summed E-state index contributed by atoms with van der Waals surface area (Å²) in [6.45, 7) is 8.54. The van der Waals surface area contributed by atoms with Crippen LogP contribution in [0.25, 0.3) is 0 Å². The van der Waals surface area contributed by atoms with E-state index in [1.807, 2.05) is 32.9 Å². The number of hydrogen-bond acceptors (Lipinski definition) is 6. The zero-order valence-corrected chi connectivity index (χ0v) is 14.0. The van der Waals surface area contributed by atoms with Gasteiger partial charge in [-0.05, 0) is 39.3 Å². The number of carbonyl (C=O) groups excluding carboxylic acids is 1. The molecule has 0 aromatic rings. The van der Waals surface area contributed by atoms with Crippen LogP contribution in [0.4, 0.5) is 0 Å². The number of ether oxygens (including phenoxy) is 3. The van der Waals surface area contributed by atoms with Crippen molar-refractivity contribution in [1.29, 1.82) is 0 Å². The first-order chi connectivity index (χ1) is 10.0. The lowest BCUT2D eigenvalue weighted by Gasteiger charge is -2.13. The normalized spacial score (nSPS) is 23.0. The van der Waals surface area contributed by atoms with E-state index in [2.05, 4.69) is 4.99 Å². The predicted molar refractivity (Wildman–Crippen MR) is 85.4 cm³/mol. The second-order valence-corrected chi connectivity index (χ2v) is 5.50. The molecule has 0 amide bonds. The van der Waals surface area contributed by atoms with Gasteiger partial charge in [-0.15, -0.1) is 0 Å². The van der Waals surface area contributed by atoms with Crippen LogP contribution in [0.3, 0.4) is 0 Å². The van der Waals surface area contributed by atoms with E-state index in [-0.39, 0.29) is 11.4 Å². The summed E-state index contributed by atoms with van der Waals surface area (Å²) < 4.78 is 15.7. The van der Waals surface area contributed by atoms with Crippen molar-refractivity contribution in [3.05, 3.63) is 23.5 Å². The van der Waals surface area contributed by atoms with Crippen LogP contribution < -0.4 is 0 Å². The molecule has 0 aromatic carbocycles. The van der Waals surface area contributed by atoms with Crippen molar-refractivity contribution < 1.29 is 19.0 Å². The molecule has 1 heterocycles. The molecule has 0 spiro atoms. The minimum atomic E-state index is -0.602. The third-order valence-corrected chi connectivity index (χ3v) is 4.11. The quantitative estimate of drug-likeness (QED) is 0.411. The molecule has 2 atom stereocenters. The Balaban J connectivity index is 2.83. The standard InChI is InChI=1S/C15H23NO4S/c1-6-19-11(4)9-8-10(3)13-16-12(14(17)20-7-2)15(18-5)21-13/h8-9,12,15H,6-7H2,1-5H3/b10-8+,11-9+. The van der Waals surface area contributed by atoms with Crippen molar-refractivity contribution in [1.82, 2.24) is 0 Å². The Kier molecular flexibility index (Phi) is 7.53. The van der Waals surface area contributed by atoms with Crippen molar-refractivity contribution in [3.63, 3.8) is 0 Å². The van der Waals surface area contributed by atoms with Crippen LogP contribution in [0.5, 0.6) is 0 Å². The van der Waals surface area contributed by atoms with E-state index < -0.39 is 6.04 Å². The number of thioether (sulfide) groups is 1. The fourth-order valence-electron chi connectivity index (χ4n) is 1.74. The van der Waals surface area contributed by atoms with Gasteiger partial charge in [-0.2, -0.15) is 0 Å². The summed E-state index contributed by atoms with van der Waals surface area (Å²) in [4.78, 5) is 16.3. The monoisotopic (exact) mass is 313 g/mol. The molecule has 118 valence electrons. The van der Waals surface area contributed by atoms with Gasteiger partial charge in [0, 0.05) is 7.11 Å². The SMILES string of the molecule is CCOC(=O)C1N=C(/C(C)=C/C=C(\C)OCC)SC1OC. The Morgan fingerprint density at radius 2 is 1.90 bits per heavy atom. The van der Waals surface area contributed by atoms with Gasteiger partial charge in [0.2, 0.25) is 0 Å². The second-order valence-electron chi connectivity index (χ2n) is 4.41. The van der Waals surface area contributed by atoms with Crippen LogP contribution in [0.15, 0.2) is 28.5 Å². The van der Waals surface area contributed by atoms with Crippen molar-refractivity contribution in [2.75, 3.05) is 20.3 Å². The molecular formula is C15H23NO4S. The topological polar surface area (TPSA) is 57.1 Å². The third kappa shape index (κ3) is 5.21. The van der Waals surface area contributed by atoms with Gasteiger partial charge in [-0.1, -0.05) is 17.8 Å². The molecule has 1 aliphatic rings. The van der Waals surface area contributed by atoms with Crippen LogP contribution in [-0.4, -0.2) is 42.8 Å². The molecule has 21 heavy (non-hydrogen) atoms. The third-order valence-electron chi connectivity index (χ3n) is 2.78. The summed E-state index contributed by atoms with van der Waals surface area (Å²) >= 11 is 1.43. The first-order valence-electron chi connectivity index (χ1n) is 6.95. The average molecular weight is 313 g/mol. The predicted octanol–water partition coefficient (Wildman–Crippen LogP) is 2.92. The Morgan fingerprint density at radius 1 is 1.24 bits per heavy atom. The molecule has 1 rings (SSSR count). The molecule has 5 nitrogen and oxygen atoms in total. The van der Waals surface area contributed by atoms with E-state index in [0.29, 0.717) is 13.2 Å². The van der Waals surface area contributed by atoms with Crippen LogP contribution in [-0.2, 0) is 19.0 Å². The van der Waals surface area contributed by atoms with Gasteiger partial charge >= 0.3 is 5.97 Å². The number of methoxy groups -OCH3 is 1. The molecular weight excluding hydrogens is 290 g/mol. The van der Waals surface area contributed by atoms with Crippen LogP contribution in [0.2, 0.25) is 0 Å². The van der Waals surface area contributed by atoms with E-state index in [1.165, 1.54) is 11.8 Å². The summed E-state index contributed by atoms with van der Waals surface area (Å²) in [6, 6.07) is -0.602. The lowest BCUT2D eigenvalue weighted by Crippen LogP contribution is -2.30. The van der Waals surface area contributed by atoms with Crippen molar-refractivity contribution in [2.24, 2.45) is 4.99 Å². The fraction of sp³-hybridized carbons (Fsp3) is 0.600.